The standard InChI is InChI=1S/C16H21F3N2O3/c1-23-10-15(5-7-20-8-6-15)14(22)21-12-3-2-4-13(9-12)24-11-16(17,18)19/h2-4,9,20H,5-8,10-11H2,1H3,(H,21,22). The molecule has 1 saturated heterocycles. The second-order valence-corrected chi connectivity index (χ2v) is 5.85. The van der Waals surface area contributed by atoms with Crippen molar-refractivity contribution in [2.75, 3.05) is 38.7 Å². The Bertz CT molecular complexity index is 552. The van der Waals surface area contributed by atoms with Crippen LogP contribution < -0.4 is 15.4 Å². The van der Waals surface area contributed by atoms with Crippen LogP contribution in [0.25, 0.3) is 0 Å². The largest absolute Gasteiger partial charge is 0.484 e. The van der Waals surface area contributed by atoms with Crippen LogP contribution in [-0.4, -0.2) is 45.5 Å². The van der Waals surface area contributed by atoms with Gasteiger partial charge in [-0.05, 0) is 38.1 Å². The number of amides is 1. The number of nitrogens with one attached hydrogen (secondary N) is 2. The van der Waals surface area contributed by atoms with Crippen molar-refractivity contribution in [2.24, 2.45) is 5.41 Å². The normalized spacial score (nSPS) is 17.3. The van der Waals surface area contributed by atoms with Gasteiger partial charge >= 0.3 is 6.18 Å². The molecule has 2 rings (SSSR count). The summed E-state index contributed by atoms with van der Waals surface area (Å²) in [6, 6.07) is 5.94. The van der Waals surface area contributed by atoms with Crippen LogP contribution in [0.1, 0.15) is 12.8 Å². The van der Waals surface area contributed by atoms with Crippen molar-refractivity contribution < 1.29 is 27.4 Å². The zero-order valence-corrected chi connectivity index (χ0v) is 13.4. The Morgan fingerprint density at radius 1 is 1.33 bits per heavy atom. The van der Waals surface area contributed by atoms with Gasteiger partial charge in [0.1, 0.15) is 5.75 Å². The van der Waals surface area contributed by atoms with Gasteiger partial charge in [0.2, 0.25) is 5.91 Å². The number of halogens is 3. The molecule has 0 spiro atoms. The Hall–Kier alpha value is -1.80. The lowest BCUT2D eigenvalue weighted by Gasteiger charge is -2.35. The number of alkyl halides is 3. The Morgan fingerprint density at radius 2 is 2.04 bits per heavy atom. The van der Waals surface area contributed by atoms with E-state index in [0.717, 1.165) is 0 Å². The summed E-state index contributed by atoms with van der Waals surface area (Å²) in [6.07, 6.45) is -3.13. The molecule has 8 heteroatoms. The maximum absolute atomic E-state index is 12.7. The topological polar surface area (TPSA) is 59.6 Å². The van der Waals surface area contributed by atoms with Crippen LogP contribution in [0.15, 0.2) is 24.3 Å². The molecule has 0 saturated carbocycles. The molecule has 24 heavy (non-hydrogen) atoms. The summed E-state index contributed by atoms with van der Waals surface area (Å²) in [7, 11) is 1.54. The third-order valence-corrected chi connectivity index (χ3v) is 3.96. The summed E-state index contributed by atoms with van der Waals surface area (Å²) >= 11 is 0. The second kappa shape index (κ2) is 7.85. The van der Waals surface area contributed by atoms with Gasteiger partial charge < -0.3 is 20.1 Å². The molecule has 1 heterocycles. The molecule has 0 aliphatic carbocycles. The van der Waals surface area contributed by atoms with Gasteiger partial charge in [0.25, 0.3) is 0 Å². The number of benzene rings is 1. The highest BCUT2D eigenvalue weighted by Crippen LogP contribution is 2.31. The van der Waals surface area contributed by atoms with E-state index in [4.69, 9.17) is 9.47 Å². The number of piperidine rings is 1. The summed E-state index contributed by atoms with van der Waals surface area (Å²) in [5.41, 5.74) is -0.239. The molecule has 1 aliphatic heterocycles. The average molecular weight is 346 g/mol. The van der Waals surface area contributed by atoms with Gasteiger partial charge in [0.15, 0.2) is 6.61 Å². The van der Waals surface area contributed by atoms with E-state index in [1.54, 1.807) is 13.2 Å². The van der Waals surface area contributed by atoms with Crippen LogP contribution in [0, 0.1) is 5.41 Å². The molecule has 1 fully saturated rings. The van der Waals surface area contributed by atoms with E-state index in [2.05, 4.69) is 10.6 Å². The average Bonchev–Trinajstić information content (AvgIpc) is 2.54. The third kappa shape index (κ3) is 5.10. The number of anilines is 1. The highest BCUT2D eigenvalue weighted by atomic mass is 19.4. The molecule has 5 nitrogen and oxygen atoms in total. The number of methoxy groups -OCH3 is 1. The number of hydrogen-bond acceptors (Lipinski definition) is 4. The van der Waals surface area contributed by atoms with Crippen LogP contribution in [0.5, 0.6) is 5.75 Å². The number of ether oxygens (including phenoxy) is 2. The van der Waals surface area contributed by atoms with E-state index in [1.807, 2.05) is 0 Å². The van der Waals surface area contributed by atoms with Gasteiger partial charge in [-0.3, -0.25) is 4.79 Å². The minimum absolute atomic E-state index is 0.0521. The van der Waals surface area contributed by atoms with Gasteiger partial charge in [-0.25, -0.2) is 0 Å². The minimum Gasteiger partial charge on any atom is -0.484 e. The predicted molar refractivity (Wildman–Crippen MR) is 83.0 cm³/mol. The van der Waals surface area contributed by atoms with Crippen molar-refractivity contribution in [3.05, 3.63) is 24.3 Å². The Kier molecular flexibility index (Phi) is 6.06. The Morgan fingerprint density at radius 3 is 2.67 bits per heavy atom. The number of carbonyl (C=O) groups is 1. The zero-order chi connectivity index (χ0) is 17.6. The molecule has 134 valence electrons. The van der Waals surface area contributed by atoms with E-state index < -0.39 is 18.2 Å². The highest BCUT2D eigenvalue weighted by molar-refractivity contribution is 5.95. The maximum atomic E-state index is 12.7. The summed E-state index contributed by atoms with van der Waals surface area (Å²) in [5.74, 6) is -0.143. The van der Waals surface area contributed by atoms with Crippen molar-refractivity contribution in [3.63, 3.8) is 0 Å². The lowest BCUT2D eigenvalue weighted by Crippen LogP contribution is -2.47. The van der Waals surface area contributed by atoms with Crippen LogP contribution >= 0.6 is 0 Å². The lowest BCUT2D eigenvalue weighted by atomic mass is 9.78. The van der Waals surface area contributed by atoms with Crippen LogP contribution in [-0.2, 0) is 9.53 Å². The first-order valence-electron chi connectivity index (χ1n) is 7.65. The third-order valence-electron chi connectivity index (χ3n) is 3.96. The van der Waals surface area contributed by atoms with Crippen LogP contribution in [0.2, 0.25) is 0 Å². The molecule has 1 aromatic rings. The van der Waals surface area contributed by atoms with Crippen molar-refractivity contribution in [3.8, 4) is 5.75 Å². The summed E-state index contributed by atoms with van der Waals surface area (Å²) in [4.78, 5) is 12.7. The van der Waals surface area contributed by atoms with Crippen LogP contribution in [0.4, 0.5) is 18.9 Å². The smallest absolute Gasteiger partial charge is 0.422 e. The van der Waals surface area contributed by atoms with Gasteiger partial charge in [0, 0.05) is 18.9 Å². The number of rotatable bonds is 6. The van der Waals surface area contributed by atoms with E-state index in [9.17, 15) is 18.0 Å². The fourth-order valence-electron chi connectivity index (χ4n) is 2.71. The molecular formula is C16H21F3N2O3. The van der Waals surface area contributed by atoms with Gasteiger partial charge in [0.05, 0.1) is 12.0 Å². The van der Waals surface area contributed by atoms with E-state index in [-0.39, 0.29) is 11.7 Å². The van der Waals surface area contributed by atoms with E-state index >= 15 is 0 Å². The maximum Gasteiger partial charge on any atom is 0.422 e. The monoisotopic (exact) mass is 346 g/mol. The second-order valence-electron chi connectivity index (χ2n) is 5.85. The first kappa shape index (κ1) is 18.5. The summed E-state index contributed by atoms with van der Waals surface area (Å²) < 4.78 is 46.6. The molecule has 0 unspecified atom stereocenters. The SMILES string of the molecule is COCC1(C(=O)Nc2cccc(OCC(F)(F)F)c2)CCNCC1. The highest BCUT2D eigenvalue weighted by Gasteiger charge is 2.39. The molecule has 0 radical (unpaired) electrons. The molecular weight excluding hydrogens is 325 g/mol. The predicted octanol–water partition coefficient (Wildman–Crippen LogP) is 2.58. The molecule has 0 atom stereocenters. The lowest BCUT2D eigenvalue weighted by molar-refractivity contribution is -0.153. The van der Waals surface area contributed by atoms with Crippen molar-refractivity contribution in [1.82, 2.24) is 5.32 Å². The van der Waals surface area contributed by atoms with Gasteiger partial charge in [-0.1, -0.05) is 6.07 Å². The van der Waals surface area contributed by atoms with Crippen molar-refractivity contribution in [1.29, 1.82) is 0 Å². The number of hydrogen-bond donors (Lipinski definition) is 2. The Balaban J connectivity index is 2.05. The summed E-state index contributed by atoms with van der Waals surface area (Å²) in [6.45, 7) is 0.353. The molecule has 1 aliphatic rings. The fourth-order valence-corrected chi connectivity index (χ4v) is 2.71. The van der Waals surface area contributed by atoms with Crippen molar-refractivity contribution in [2.45, 2.75) is 19.0 Å². The first-order valence-corrected chi connectivity index (χ1v) is 7.65. The zero-order valence-electron chi connectivity index (χ0n) is 13.4. The van der Waals surface area contributed by atoms with Crippen LogP contribution in [0.3, 0.4) is 0 Å². The quantitative estimate of drug-likeness (QED) is 0.831. The number of carbonyl (C=O) groups excluding carboxylic acids is 1. The minimum atomic E-state index is -4.41. The fraction of sp³-hybridized carbons (Fsp3) is 0.562. The van der Waals surface area contributed by atoms with E-state index in [0.29, 0.717) is 38.2 Å². The molecule has 2 N–H and O–H groups in total. The molecule has 1 aromatic carbocycles. The first-order chi connectivity index (χ1) is 11.3. The van der Waals surface area contributed by atoms with Gasteiger partial charge in [-0.15, -0.1) is 0 Å². The Labute approximate surface area is 138 Å². The van der Waals surface area contributed by atoms with Gasteiger partial charge in [-0.2, -0.15) is 13.2 Å². The van der Waals surface area contributed by atoms with Crippen molar-refractivity contribution >= 4 is 11.6 Å². The molecule has 0 aromatic heterocycles. The van der Waals surface area contributed by atoms with E-state index in [1.165, 1.54) is 18.2 Å². The summed E-state index contributed by atoms with van der Waals surface area (Å²) in [5, 5.41) is 5.96. The molecule has 0 bridgehead atoms. The molecule has 1 amide bonds.